The average Bonchev–Trinajstić information content (AvgIpc) is 2.84. The average molecular weight is 276 g/mol. The van der Waals surface area contributed by atoms with Crippen molar-refractivity contribution >= 4 is 11.9 Å². The summed E-state index contributed by atoms with van der Waals surface area (Å²) in [6.45, 7) is 2.04. The lowest BCUT2D eigenvalue weighted by molar-refractivity contribution is -0.156. The molecule has 1 aromatic rings. The predicted molar refractivity (Wildman–Crippen MR) is 74.1 cm³/mol. The number of aliphatic carboxylic acids is 1. The second-order valence-electron chi connectivity index (χ2n) is 5.33. The lowest BCUT2D eigenvalue weighted by Gasteiger charge is -2.13. The zero-order valence-corrected chi connectivity index (χ0v) is 11.6. The summed E-state index contributed by atoms with van der Waals surface area (Å²) in [6, 6.07) is 9.98. The van der Waals surface area contributed by atoms with E-state index in [0.29, 0.717) is 19.4 Å². The Morgan fingerprint density at radius 2 is 1.85 bits per heavy atom. The van der Waals surface area contributed by atoms with Crippen LogP contribution < -0.4 is 0 Å². The van der Waals surface area contributed by atoms with Gasteiger partial charge in [-0.1, -0.05) is 30.3 Å². The van der Waals surface area contributed by atoms with Crippen molar-refractivity contribution < 1.29 is 19.4 Å². The van der Waals surface area contributed by atoms with Crippen LogP contribution in [0, 0.1) is 17.8 Å². The maximum absolute atomic E-state index is 11.9. The first-order valence-electron chi connectivity index (χ1n) is 7.05. The molecule has 0 heterocycles. The molecule has 1 aliphatic carbocycles. The van der Waals surface area contributed by atoms with Gasteiger partial charge in [-0.15, -0.1) is 0 Å². The summed E-state index contributed by atoms with van der Waals surface area (Å²) in [5.74, 6) is -2.13. The molecule has 20 heavy (non-hydrogen) atoms. The Labute approximate surface area is 118 Å². The number of hydrogen-bond acceptors (Lipinski definition) is 3. The molecule has 2 rings (SSSR count). The maximum atomic E-state index is 11.9. The third-order valence-corrected chi connectivity index (χ3v) is 3.93. The van der Waals surface area contributed by atoms with Crippen LogP contribution in [0.25, 0.3) is 0 Å². The molecule has 4 heteroatoms. The van der Waals surface area contributed by atoms with Gasteiger partial charge in [-0.05, 0) is 37.7 Å². The molecule has 1 fully saturated rings. The number of carboxylic acids is 1. The first kappa shape index (κ1) is 14.6. The molecule has 4 nitrogen and oxygen atoms in total. The molecule has 1 saturated carbocycles. The molecule has 108 valence electrons. The molecule has 0 saturated heterocycles. The Morgan fingerprint density at radius 3 is 2.45 bits per heavy atom. The predicted octanol–water partition coefficient (Wildman–Crippen LogP) is 2.52. The SMILES string of the molecule is CCOC(=O)[C@H]1CC(Cc2ccccc2)C[C@@H]1C(=O)O. The van der Waals surface area contributed by atoms with Crippen LogP contribution in [0.2, 0.25) is 0 Å². The lowest BCUT2D eigenvalue weighted by atomic mass is 9.96. The number of benzene rings is 1. The van der Waals surface area contributed by atoms with Crippen LogP contribution in [-0.4, -0.2) is 23.7 Å². The fraction of sp³-hybridized carbons (Fsp3) is 0.500. The summed E-state index contributed by atoms with van der Waals surface area (Å²) in [6.07, 6.45) is 1.97. The summed E-state index contributed by atoms with van der Waals surface area (Å²) in [5, 5.41) is 9.28. The van der Waals surface area contributed by atoms with E-state index in [4.69, 9.17) is 4.74 Å². The van der Waals surface area contributed by atoms with E-state index in [-0.39, 0.29) is 11.9 Å². The van der Waals surface area contributed by atoms with Crippen molar-refractivity contribution in [2.75, 3.05) is 6.61 Å². The normalized spacial score (nSPS) is 25.4. The molecule has 0 spiro atoms. The number of esters is 1. The molecule has 1 aromatic carbocycles. The van der Waals surface area contributed by atoms with Gasteiger partial charge in [-0.2, -0.15) is 0 Å². The van der Waals surface area contributed by atoms with Crippen LogP contribution in [0.15, 0.2) is 30.3 Å². The molecule has 0 aromatic heterocycles. The Kier molecular flexibility index (Phi) is 4.77. The number of hydrogen-bond donors (Lipinski definition) is 1. The van der Waals surface area contributed by atoms with Crippen LogP contribution in [0.3, 0.4) is 0 Å². The monoisotopic (exact) mass is 276 g/mol. The van der Waals surface area contributed by atoms with Gasteiger partial charge >= 0.3 is 11.9 Å². The Morgan fingerprint density at radius 1 is 1.20 bits per heavy atom. The van der Waals surface area contributed by atoms with E-state index in [9.17, 15) is 14.7 Å². The molecule has 1 aliphatic rings. The smallest absolute Gasteiger partial charge is 0.309 e. The number of ether oxygens (including phenoxy) is 1. The number of rotatable bonds is 5. The van der Waals surface area contributed by atoms with E-state index >= 15 is 0 Å². The minimum absolute atomic E-state index is 0.230. The summed E-state index contributed by atoms with van der Waals surface area (Å²) in [4.78, 5) is 23.2. The van der Waals surface area contributed by atoms with Gasteiger partial charge in [0, 0.05) is 0 Å². The van der Waals surface area contributed by atoms with Gasteiger partial charge in [-0.25, -0.2) is 0 Å². The number of carboxylic acid groups (broad SMARTS) is 1. The molecule has 1 unspecified atom stereocenters. The zero-order chi connectivity index (χ0) is 14.5. The second-order valence-corrected chi connectivity index (χ2v) is 5.33. The van der Waals surface area contributed by atoms with Crippen molar-refractivity contribution in [3.63, 3.8) is 0 Å². The van der Waals surface area contributed by atoms with Gasteiger partial charge in [0.15, 0.2) is 0 Å². The topological polar surface area (TPSA) is 63.6 Å². The highest BCUT2D eigenvalue weighted by Crippen LogP contribution is 2.39. The summed E-state index contributed by atoms with van der Waals surface area (Å²) in [7, 11) is 0. The van der Waals surface area contributed by atoms with Crippen LogP contribution in [-0.2, 0) is 20.7 Å². The summed E-state index contributed by atoms with van der Waals surface area (Å²) >= 11 is 0. The van der Waals surface area contributed by atoms with Gasteiger partial charge in [0.2, 0.25) is 0 Å². The van der Waals surface area contributed by atoms with Crippen molar-refractivity contribution in [1.82, 2.24) is 0 Å². The van der Waals surface area contributed by atoms with E-state index in [1.54, 1.807) is 6.92 Å². The summed E-state index contributed by atoms with van der Waals surface area (Å²) < 4.78 is 5.00. The van der Waals surface area contributed by atoms with Crippen molar-refractivity contribution in [3.8, 4) is 0 Å². The van der Waals surface area contributed by atoms with Gasteiger partial charge in [0.25, 0.3) is 0 Å². The quantitative estimate of drug-likeness (QED) is 0.839. The first-order chi connectivity index (χ1) is 9.61. The van der Waals surface area contributed by atoms with Crippen molar-refractivity contribution in [2.45, 2.75) is 26.2 Å². The zero-order valence-electron chi connectivity index (χ0n) is 11.6. The fourth-order valence-corrected chi connectivity index (χ4v) is 3.04. The molecule has 0 radical (unpaired) electrons. The molecular weight excluding hydrogens is 256 g/mol. The molecule has 0 amide bonds. The van der Waals surface area contributed by atoms with Crippen LogP contribution >= 0.6 is 0 Å². The highest BCUT2D eigenvalue weighted by atomic mass is 16.5. The van der Waals surface area contributed by atoms with Crippen molar-refractivity contribution in [3.05, 3.63) is 35.9 Å². The van der Waals surface area contributed by atoms with Crippen molar-refractivity contribution in [1.29, 1.82) is 0 Å². The highest BCUT2D eigenvalue weighted by molar-refractivity contribution is 5.81. The van der Waals surface area contributed by atoms with Crippen molar-refractivity contribution in [2.24, 2.45) is 17.8 Å². The minimum atomic E-state index is -0.890. The molecule has 0 bridgehead atoms. The molecule has 3 atom stereocenters. The Bertz CT molecular complexity index is 469. The lowest BCUT2D eigenvalue weighted by Crippen LogP contribution is -2.26. The van der Waals surface area contributed by atoms with E-state index in [0.717, 1.165) is 6.42 Å². The standard InChI is InChI=1S/C16H20O4/c1-2-20-16(19)14-10-12(9-13(14)15(17)18)8-11-6-4-3-5-7-11/h3-7,12-14H,2,8-10H2,1H3,(H,17,18)/t12?,13-,14-/m0/s1. The third kappa shape index (κ3) is 3.38. The van der Waals surface area contributed by atoms with E-state index in [2.05, 4.69) is 0 Å². The number of carbonyl (C=O) groups is 2. The van der Waals surface area contributed by atoms with E-state index in [1.807, 2.05) is 30.3 Å². The Balaban J connectivity index is 2.04. The van der Waals surface area contributed by atoms with Gasteiger partial charge in [0.05, 0.1) is 18.4 Å². The van der Waals surface area contributed by atoms with Crippen LogP contribution in [0.5, 0.6) is 0 Å². The highest BCUT2D eigenvalue weighted by Gasteiger charge is 2.43. The maximum Gasteiger partial charge on any atom is 0.309 e. The Hall–Kier alpha value is -1.84. The molecule has 0 aliphatic heterocycles. The second kappa shape index (κ2) is 6.55. The molecular formula is C16H20O4. The van der Waals surface area contributed by atoms with Crippen LogP contribution in [0.4, 0.5) is 0 Å². The van der Waals surface area contributed by atoms with E-state index < -0.39 is 17.8 Å². The van der Waals surface area contributed by atoms with Gasteiger partial charge in [0.1, 0.15) is 0 Å². The van der Waals surface area contributed by atoms with Gasteiger partial charge in [-0.3, -0.25) is 9.59 Å². The minimum Gasteiger partial charge on any atom is -0.481 e. The molecule has 1 N–H and O–H groups in total. The fourth-order valence-electron chi connectivity index (χ4n) is 3.04. The number of carbonyl (C=O) groups excluding carboxylic acids is 1. The largest absolute Gasteiger partial charge is 0.481 e. The third-order valence-electron chi connectivity index (χ3n) is 3.93. The van der Waals surface area contributed by atoms with Gasteiger partial charge < -0.3 is 9.84 Å². The van der Waals surface area contributed by atoms with E-state index in [1.165, 1.54) is 5.56 Å². The first-order valence-corrected chi connectivity index (χ1v) is 7.05. The summed E-state index contributed by atoms with van der Waals surface area (Å²) in [5.41, 5.74) is 1.19. The van der Waals surface area contributed by atoms with Crippen LogP contribution in [0.1, 0.15) is 25.3 Å².